The molecule has 0 spiro atoms. The van der Waals surface area contributed by atoms with Crippen molar-refractivity contribution in [3.63, 3.8) is 0 Å². The third-order valence-corrected chi connectivity index (χ3v) is 5.84. The molecule has 0 aromatic rings. The summed E-state index contributed by atoms with van der Waals surface area (Å²) in [6.45, 7) is 8.91. The molecule has 24 heavy (non-hydrogen) atoms. The topological polar surface area (TPSA) is 19.9 Å². The molecule has 0 aliphatic carbocycles. The van der Waals surface area contributed by atoms with Gasteiger partial charge in [-0.15, -0.1) is 0 Å². The van der Waals surface area contributed by atoms with Gasteiger partial charge >= 0.3 is 0 Å². The highest BCUT2D eigenvalue weighted by molar-refractivity contribution is 4.85. The Morgan fingerprint density at radius 2 is 1.08 bits per heavy atom. The molecule has 0 saturated carbocycles. The molecule has 0 aromatic carbocycles. The average Bonchev–Trinajstić information content (AvgIpc) is 2.59. The summed E-state index contributed by atoms with van der Waals surface area (Å²) in [5.74, 6) is 0.411. The van der Waals surface area contributed by atoms with Crippen LogP contribution in [-0.2, 0) is 5.11 Å². The van der Waals surface area contributed by atoms with E-state index in [2.05, 4.69) is 27.7 Å². The molecule has 2 unspecified atom stereocenters. The minimum absolute atomic E-state index is 0.411. The summed E-state index contributed by atoms with van der Waals surface area (Å²) in [7, 11) is 0. The van der Waals surface area contributed by atoms with E-state index in [1.54, 1.807) is 0 Å². The smallest absolute Gasteiger partial charge is 0.106 e. The molecule has 0 aliphatic heterocycles. The molecule has 0 aliphatic rings. The van der Waals surface area contributed by atoms with Crippen LogP contribution in [0.3, 0.4) is 0 Å². The van der Waals surface area contributed by atoms with E-state index in [0.29, 0.717) is 5.92 Å². The van der Waals surface area contributed by atoms with Gasteiger partial charge in [-0.3, -0.25) is 0 Å². The van der Waals surface area contributed by atoms with Crippen molar-refractivity contribution in [1.82, 2.24) is 0 Å². The Kier molecular flexibility index (Phi) is 16.4. The van der Waals surface area contributed by atoms with Crippen LogP contribution in [0.2, 0.25) is 0 Å². The van der Waals surface area contributed by atoms with Crippen LogP contribution >= 0.6 is 0 Å². The zero-order chi connectivity index (χ0) is 18.1. The van der Waals surface area contributed by atoms with E-state index < -0.39 is 5.60 Å². The maximum Gasteiger partial charge on any atom is 0.106 e. The second-order valence-electron chi connectivity index (χ2n) is 7.98. The van der Waals surface area contributed by atoms with Crippen LogP contribution in [0.5, 0.6) is 0 Å². The fourth-order valence-corrected chi connectivity index (χ4v) is 4.06. The lowest BCUT2D eigenvalue weighted by molar-refractivity contribution is -0.0947. The molecule has 0 saturated heterocycles. The van der Waals surface area contributed by atoms with Crippen molar-refractivity contribution in [2.24, 2.45) is 5.92 Å². The highest BCUT2D eigenvalue weighted by atomic mass is 16.3. The van der Waals surface area contributed by atoms with Crippen LogP contribution in [0.15, 0.2) is 0 Å². The minimum atomic E-state index is -0.649. The molecule has 0 bridgehead atoms. The Morgan fingerprint density at radius 3 is 1.58 bits per heavy atom. The number of hydrogen-bond acceptors (Lipinski definition) is 0. The lowest BCUT2D eigenvalue weighted by Crippen LogP contribution is -2.36. The summed E-state index contributed by atoms with van der Waals surface area (Å²) >= 11 is 0. The van der Waals surface area contributed by atoms with Crippen molar-refractivity contribution in [2.45, 2.75) is 142 Å². The molecule has 145 valence electrons. The first kappa shape index (κ1) is 24.0. The molecule has 1 radical (unpaired) electrons. The zero-order valence-corrected chi connectivity index (χ0v) is 17.5. The van der Waals surface area contributed by atoms with Crippen molar-refractivity contribution < 1.29 is 5.11 Å². The summed E-state index contributed by atoms with van der Waals surface area (Å²) in [5, 5.41) is 13.4. The molecular weight excluding hydrogens is 292 g/mol. The van der Waals surface area contributed by atoms with E-state index >= 15 is 0 Å². The first-order chi connectivity index (χ1) is 11.6. The van der Waals surface area contributed by atoms with E-state index in [4.69, 9.17) is 0 Å². The molecule has 0 rings (SSSR count). The fraction of sp³-hybridized carbons (Fsp3) is 1.00. The molecule has 1 nitrogen and oxygen atoms in total. The Hall–Kier alpha value is -0.0400. The van der Waals surface area contributed by atoms with Gasteiger partial charge in [-0.2, -0.15) is 0 Å². The second-order valence-corrected chi connectivity index (χ2v) is 7.98. The van der Waals surface area contributed by atoms with E-state index in [-0.39, 0.29) is 0 Å². The first-order valence-electron chi connectivity index (χ1n) is 11.3. The minimum Gasteiger partial charge on any atom is -0.229 e. The first-order valence-corrected chi connectivity index (χ1v) is 11.3. The van der Waals surface area contributed by atoms with Crippen LogP contribution in [-0.4, -0.2) is 5.60 Å². The number of hydrogen-bond donors (Lipinski definition) is 0. The second kappa shape index (κ2) is 16.4. The van der Waals surface area contributed by atoms with Crippen molar-refractivity contribution in [3.05, 3.63) is 0 Å². The Labute approximate surface area is 154 Å². The van der Waals surface area contributed by atoms with E-state index in [9.17, 15) is 5.11 Å². The fourth-order valence-electron chi connectivity index (χ4n) is 4.06. The van der Waals surface area contributed by atoms with E-state index in [1.807, 2.05) is 0 Å². The highest BCUT2D eigenvalue weighted by Crippen LogP contribution is 2.35. The van der Waals surface area contributed by atoms with E-state index in [0.717, 1.165) is 25.7 Å². The van der Waals surface area contributed by atoms with Gasteiger partial charge in [0, 0.05) is 0 Å². The van der Waals surface area contributed by atoms with Crippen molar-refractivity contribution in [1.29, 1.82) is 0 Å². The normalized spacial score (nSPS) is 15.4. The molecule has 0 N–H and O–H groups in total. The van der Waals surface area contributed by atoms with Crippen LogP contribution < -0.4 is 0 Å². The van der Waals surface area contributed by atoms with Gasteiger partial charge in [0.25, 0.3) is 0 Å². The Bertz CT molecular complexity index is 250. The van der Waals surface area contributed by atoms with Gasteiger partial charge in [0.1, 0.15) is 5.60 Å². The molecule has 0 heterocycles. The van der Waals surface area contributed by atoms with Crippen molar-refractivity contribution in [3.8, 4) is 0 Å². The van der Waals surface area contributed by atoms with E-state index in [1.165, 1.54) is 83.5 Å². The maximum absolute atomic E-state index is 13.4. The molecular formula is C23H47O. The van der Waals surface area contributed by atoms with Gasteiger partial charge in [-0.1, -0.05) is 111 Å². The maximum atomic E-state index is 13.4. The largest absolute Gasteiger partial charge is 0.229 e. The van der Waals surface area contributed by atoms with Crippen LogP contribution in [0, 0.1) is 5.92 Å². The van der Waals surface area contributed by atoms with Gasteiger partial charge in [-0.25, -0.2) is 5.11 Å². The predicted molar refractivity (Wildman–Crippen MR) is 108 cm³/mol. The molecule has 2 atom stereocenters. The zero-order valence-electron chi connectivity index (χ0n) is 17.5. The van der Waals surface area contributed by atoms with Crippen LogP contribution in [0.25, 0.3) is 0 Å². The summed E-state index contributed by atoms with van der Waals surface area (Å²) in [4.78, 5) is 0. The molecule has 0 fully saturated rings. The van der Waals surface area contributed by atoms with Gasteiger partial charge < -0.3 is 0 Å². The summed E-state index contributed by atoms with van der Waals surface area (Å²) in [5.41, 5.74) is -0.649. The standard InChI is InChI=1S/C23H47O/c1-5-9-11-13-15-17-20-22(19-7-3)23(24,8-4)21-18-16-14-12-10-6-2/h22H,5-21H2,1-4H3. The number of rotatable bonds is 18. The SMILES string of the molecule is CCCCCCCCC(CCC)C([O])(CC)CCCCCCCC. The highest BCUT2D eigenvalue weighted by Gasteiger charge is 2.35. The Morgan fingerprint density at radius 1 is 0.583 bits per heavy atom. The lowest BCUT2D eigenvalue weighted by atomic mass is 9.76. The van der Waals surface area contributed by atoms with Gasteiger partial charge in [0.2, 0.25) is 0 Å². The quantitative estimate of drug-likeness (QED) is 0.223. The summed E-state index contributed by atoms with van der Waals surface area (Å²) in [6, 6.07) is 0. The Balaban J connectivity index is 4.17. The monoisotopic (exact) mass is 339 g/mol. The lowest BCUT2D eigenvalue weighted by Gasteiger charge is -2.34. The summed E-state index contributed by atoms with van der Waals surface area (Å²) in [6.07, 6.45) is 21.0. The predicted octanol–water partition coefficient (Wildman–Crippen LogP) is 8.48. The van der Waals surface area contributed by atoms with Gasteiger partial charge in [0.15, 0.2) is 0 Å². The third-order valence-electron chi connectivity index (χ3n) is 5.84. The van der Waals surface area contributed by atoms with Crippen LogP contribution in [0.4, 0.5) is 0 Å². The van der Waals surface area contributed by atoms with Gasteiger partial charge in [-0.05, 0) is 31.6 Å². The third kappa shape index (κ3) is 11.5. The van der Waals surface area contributed by atoms with Gasteiger partial charge in [0.05, 0.1) is 0 Å². The van der Waals surface area contributed by atoms with Crippen molar-refractivity contribution >= 4 is 0 Å². The summed E-state index contributed by atoms with van der Waals surface area (Å²) < 4.78 is 0. The molecule has 0 aromatic heterocycles. The average molecular weight is 340 g/mol. The van der Waals surface area contributed by atoms with Crippen molar-refractivity contribution in [2.75, 3.05) is 0 Å². The van der Waals surface area contributed by atoms with Crippen LogP contribution in [0.1, 0.15) is 137 Å². The molecule has 0 amide bonds. The molecule has 1 heteroatoms. The number of unbranched alkanes of at least 4 members (excludes halogenated alkanes) is 10.